The molecule has 1 aromatic heterocycles. The molecule has 5 nitrogen and oxygen atoms in total. The Morgan fingerprint density at radius 3 is 3.14 bits per heavy atom. The Labute approximate surface area is 134 Å². The summed E-state index contributed by atoms with van der Waals surface area (Å²) in [5.41, 5.74) is 1.97. The van der Waals surface area contributed by atoms with Crippen LogP contribution in [0.1, 0.15) is 12.2 Å². The summed E-state index contributed by atoms with van der Waals surface area (Å²) in [6.07, 6.45) is 3.08. The number of hydrogen-bond acceptors (Lipinski definition) is 4. The number of ether oxygens (including phenoxy) is 1. The second kappa shape index (κ2) is 7.15. The van der Waals surface area contributed by atoms with Crippen LogP contribution in [-0.2, 0) is 21.8 Å². The topological polar surface area (TPSA) is 56.2 Å². The van der Waals surface area contributed by atoms with E-state index >= 15 is 0 Å². The van der Waals surface area contributed by atoms with E-state index in [0.29, 0.717) is 19.0 Å². The van der Waals surface area contributed by atoms with Crippen LogP contribution in [0, 0.1) is 5.92 Å². The Balaban J connectivity index is 1.71. The lowest BCUT2D eigenvalue weighted by Crippen LogP contribution is -2.32. The van der Waals surface area contributed by atoms with E-state index in [4.69, 9.17) is 4.74 Å². The first-order valence-electron chi connectivity index (χ1n) is 7.55. The Bertz CT molecular complexity index is 650. The predicted octanol–water partition coefficient (Wildman–Crippen LogP) is 2.05. The second-order valence-electron chi connectivity index (χ2n) is 5.57. The van der Waals surface area contributed by atoms with Gasteiger partial charge < -0.3 is 14.6 Å². The van der Waals surface area contributed by atoms with Crippen molar-refractivity contribution < 1.29 is 9.53 Å². The van der Waals surface area contributed by atoms with Crippen molar-refractivity contribution in [1.29, 1.82) is 0 Å². The van der Waals surface area contributed by atoms with Gasteiger partial charge >= 0.3 is 0 Å². The van der Waals surface area contributed by atoms with Crippen LogP contribution >= 0.6 is 11.8 Å². The maximum absolute atomic E-state index is 12.3. The van der Waals surface area contributed by atoms with Crippen molar-refractivity contribution >= 4 is 28.7 Å². The molecule has 0 aliphatic carbocycles. The zero-order valence-corrected chi connectivity index (χ0v) is 13.6. The van der Waals surface area contributed by atoms with Gasteiger partial charge in [-0.05, 0) is 24.8 Å². The summed E-state index contributed by atoms with van der Waals surface area (Å²) < 4.78 is 7.35. The number of fused-ring (bicyclic) bond motifs is 1. The summed E-state index contributed by atoms with van der Waals surface area (Å²) in [6.45, 7) is 2.59. The number of amides is 1. The van der Waals surface area contributed by atoms with Crippen molar-refractivity contribution in [2.75, 3.05) is 26.0 Å². The average molecular weight is 319 g/mol. The molecular formula is C16H21N3O2S. The van der Waals surface area contributed by atoms with Crippen molar-refractivity contribution in [3.8, 4) is 0 Å². The second-order valence-corrected chi connectivity index (χ2v) is 6.44. The molecule has 1 aliphatic rings. The lowest BCUT2D eigenvalue weighted by Gasteiger charge is -2.12. The van der Waals surface area contributed by atoms with Crippen molar-refractivity contribution in [2.45, 2.75) is 18.7 Å². The Kier molecular flexibility index (Phi) is 5.00. The van der Waals surface area contributed by atoms with Gasteiger partial charge in [-0.3, -0.25) is 4.79 Å². The molecule has 1 aliphatic heterocycles. The third-order valence-corrected chi connectivity index (χ3v) is 4.47. The van der Waals surface area contributed by atoms with E-state index in [1.807, 2.05) is 35.1 Å². The van der Waals surface area contributed by atoms with Crippen LogP contribution in [0.15, 0.2) is 24.3 Å². The van der Waals surface area contributed by atoms with Crippen LogP contribution in [0.3, 0.4) is 0 Å². The fourth-order valence-electron chi connectivity index (χ4n) is 2.74. The summed E-state index contributed by atoms with van der Waals surface area (Å²) in [5.74, 6) is 2.25. The highest BCUT2D eigenvalue weighted by atomic mass is 32.2. The first-order chi connectivity index (χ1) is 10.8. The third-order valence-electron chi connectivity index (χ3n) is 3.92. The third kappa shape index (κ3) is 3.44. The van der Waals surface area contributed by atoms with E-state index in [2.05, 4.69) is 10.3 Å². The highest BCUT2D eigenvalue weighted by molar-refractivity contribution is 7.97. The molecular weight excluding hydrogens is 298 g/mol. The van der Waals surface area contributed by atoms with Crippen molar-refractivity contribution in [1.82, 2.24) is 14.9 Å². The summed E-state index contributed by atoms with van der Waals surface area (Å²) in [6, 6.07) is 7.97. The quantitative estimate of drug-likeness (QED) is 0.885. The van der Waals surface area contributed by atoms with Gasteiger partial charge in [0.25, 0.3) is 0 Å². The molecule has 0 saturated carbocycles. The smallest absolute Gasteiger partial charge is 0.240 e. The van der Waals surface area contributed by atoms with Crippen LogP contribution in [0.25, 0.3) is 11.0 Å². The van der Waals surface area contributed by atoms with Crippen LogP contribution in [0.2, 0.25) is 0 Å². The molecule has 0 bridgehead atoms. The minimum Gasteiger partial charge on any atom is -0.381 e. The molecule has 1 saturated heterocycles. The number of thioether (sulfide) groups is 1. The summed E-state index contributed by atoms with van der Waals surface area (Å²) >= 11 is 1.71. The van der Waals surface area contributed by atoms with Crippen LogP contribution in [-0.4, -0.2) is 41.5 Å². The maximum Gasteiger partial charge on any atom is 0.240 e. The van der Waals surface area contributed by atoms with Crippen LogP contribution < -0.4 is 5.32 Å². The number of carbonyl (C=O) groups is 1. The molecule has 1 N–H and O–H groups in total. The number of carbonyl (C=O) groups excluding carboxylic acids is 1. The molecule has 1 amide bonds. The monoisotopic (exact) mass is 319 g/mol. The lowest BCUT2D eigenvalue weighted by atomic mass is 10.1. The van der Waals surface area contributed by atoms with Gasteiger partial charge in [-0.15, -0.1) is 0 Å². The number of hydrogen-bond donors (Lipinski definition) is 1. The largest absolute Gasteiger partial charge is 0.381 e. The van der Waals surface area contributed by atoms with Crippen LogP contribution in [0.5, 0.6) is 0 Å². The number of imidazole rings is 1. The van der Waals surface area contributed by atoms with Gasteiger partial charge in [-0.1, -0.05) is 12.1 Å². The molecule has 1 fully saturated rings. The number of aromatic nitrogens is 2. The fourth-order valence-corrected chi connectivity index (χ4v) is 3.22. The van der Waals surface area contributed by atoms with E-state index in [1.165, 1.54) is 0 Å². The van der Waals surface area contributed by atoms with E-state index in [0.717, 1.165) is 42.2 Å². The molecule has 6 heteroatoms. The molecule has 1 atom stereocenters. The van der Waals surface area contributed by atoms with Crippen molar-refractivity contribution in [3.05, 3.63) is 30.1 Å². The Hall–Kier alpha value is -1.53. The van der Waals surface area contributed by atoms with E-state index in [1.54, 1.807) is 11.8 Å². The van der Waals surface area contributed by atoms with Gasteiger partial charge in [0.15, 0.2) is 0 Å². The molecule has 0 radical (unpaired) electrons. The molecule has 3 rings (SSSR count). The number of nitrogens with zero attached hydrogens (tertiary/aromatic N) is 2. The highest BCUT2D eigenvalue weighted by Gasteiger charge is 2.17. The van der Waals surface area contributed by atoms with E-state index < -0.39 is 0 Å². The summed E-state index contributed by atoms with van der Waals surface area (Å²) in [7, 11) is 0. The SMILES string of the molecule is CSCc1nc2ccccc2n1CC(=O)NC[C@@H]1CCOC1. The molecule has 0 spiro atoms. The summed E-state index contributed by atoms with van der Waals surface area (Å²) in [5, 5.41) is 3.02. The normalized spacial score (nSPS) is 18.0. The first kappa shape index (κ1) is 15.4. The minimum atomic E-state index is 0.0393. The standard InChI is InChI=1S/C16H21N3O2S/c1-22-11-15-18-13-4-2-3-5-14(13)19(15)9-16(20)17-8-12-6-7-21-10-12/h2-5,12H,6-11H2,1H3,(H,17,20)/t12-/m0/s1. The first-order valence-corrected chi connectivity index (χ1v) is 8.95. The van der Waals surface area contributed by atoms with Gasteiger partial charge in [-0.25, -0.2) is 4.98 Å². The molecule has 2 aromatic rings. The van der Waals surface area contributed by atoms with Crippen molar-refractivity contribution in [3.63, 3.8) is 0 Å². The number of rotatable bonds is 6. The predicted molar refractivity (Wildman–Crippen MR) is 88.9 cm³/mol. The zero-order chi connectivity index (χ0) is 15.4. The zero-order valence-electron chi connectivity index (χ0n) is 12.7. The molecule has 118 valence electrons. The number of benzene rings is 1. The number of para-hydroxylation sites is 2. The molecule has 0 unspecified atom stereocenters. The van der Waals surface area contributed by atoms with E-state index in [9.17, 15) is 4.79 Å². The van der Waals surface area contributed by atoms with Gasteiger partial charge in [-0.2, -0.15) is 11.8 Å². The van der Waals surface area contributed by atoms with Crippen LogP contribution in [0.4, 0.5) is 0 Å². The minimum absolute atomic E-state index is 0.0393. The van der Waals surface area contributed by atoms with Gasteiger partial charge in [0.1, 0.15) is 12.4 Å². The van der Waals surface area contributed by atoms with Gasteiger partial charge in [0, 0.05) is 19.1 Å². The average Bonchev–Trinajstić information content (AvgIpc) is 3.15. The van der Waals surface area contributed by atoms with E-state index in [-0.39, 0.29) is 5.91 Å². The summed E-state index contributed by atoms with van der Waals surface area (Å²) in [4.78, 5) is 16.9. The number of nitrogens with one attached hydrogen (secondary N) is 1. The lowest BCUT2D eigenvalue weighted by molar-refractivity contribution is -0.121. The molecule has 2 heterocycles. The highest BCUT2D eigenvalue weighted by Crippen LogP contribution is 2.19. The molecule has 1 aromatic carbocycles. The van der Waals surface area contributed by atoms with Gasteiger partial charge in [0.05, 0.1) is 23.4 Å². The molecule has 22 heavy (non-hydrogen) atoms. The van der Waals surface area contributed by atoms with Crippen molar-refractivity contribution in [2.24, 2.45) is 5.92 Å². The van der Waals surface area contributed by atoms with Gasteiger partial charge in [0.2, 0.25) is 5.91 Å². The Morgan fingerprint density at radius 1 is 1.50 bits per heavy atom. The maximum atomic E-state index is 12.3. The Morgan fingerprint density at radius 2 is 2.36 bits per heavy atom. The fraction of sp³-hybridized carbons (Fsp3) is 0.500.